The molecule has 0 bridgehead atoms. The molecule has 0 atom stereocenters. The van der Waals surface area contributed by atoms with Gasteiger partial charge < -0.3 is 10.4 Å². The van der Waals surface area contributed by atoms with E-state index in [-0.39, 0.29) is 5.75 Å². The summed E-state index contributed by atoms with van der Waals surface area (Å²) in [5, 5.41) is 12.3. The van der Waals surface area contributed by atoms with Crippen LogP contribution in [0.2, 0.25) is 0 Å². The lowest BCUT2D eigenvalue weighted by Gasteiger charge is -2.10. The zero-order valence-electron chi connectivity index (χ0n) is 8.23. The fourth-order valence-corrected chi connectivity index (χ4v) is 1.15. The number of hydrogen-bond acceptors (Lipinski definition) is 2. The van der Waals surface area contributed by atoms with Gasteiger partial charge in [0.2, 0.25) is 0 Å². The molecule has 0 aromatic heterocycles. The number of halogens is 3. The Bertz CT molecular complexity index is 336. The summed E-state index contributed by atoms with van der Waals surface area (Å²) in [5.41, 5.74) is -0.370. The zero-order valence-corrected chi connectivity index (χ0v) is 8.23. The Morgan fingerprint density at radius 1 is 1.33 bits per heavy atom. The van der Waals surface area contributed by atoms with E-state index >= 15 is 0 Å². The van der Waals surface area contributed by atoms with Crippen molar-refractivity contribution in [3.63, 3.8) is 0 Å². The number of rotatable bonds is 3. The monoisotopic (exact) mass is 219 g/mol. The first-order valence-electron chi connectivity index (χ1n) is 4.55. The van der Waals surface area contributed by atoms with Gasteiger partial charge in [-0.2, -0.15) is 13.2 Å². The molecule has 5 heteroatoms. The first-order valence-corrected chi connectivity index (χ1v) is 4.55. The lowest BCUT2D eigenvalue weighted by molar-refractivity contribution is -0.137. The van der Waals surface area contributed by atoms with Gasteiger partial charge in [-0.15, -0.1) is 0 Å². The maximum absolute atomic E-state index is 12.2. The molecule has 0 spiro atoms. The summed E-state index contributed by atoms with van der Waals surface area (Å²) in [6.07, 6.45) is -4.41. The molecular weight excluding hydrogens is 207 g/mol. The van der Waals surface area contributed by atoms with Crippen LogP contribution in [0.1, 0.15) is 18.1 Å². The number of hydrogen-bond donors (Lipinski definition) is 2. The molecule has 2 N–H and O–H groups in total. The highest BCUT2D eigenvalue weighted by Crippen LogP contribution is 2.32. The van der Waals surface area contributed by atoms with E-state index in [1.165, 1.54) is 6.07 Å². The summed E-state index contributed by atoms with van der Waals surface area (Å²) >= 11 is 0. The molecular formula is C10H12F3NO. The highest BCUT2D eigenvalue weighted by Gasteiger charge is 2.30. The van der Waals surface area contributed by atoms with Crippen molar-refractivity contribution in [2.24, 2.45) is 0 Å². The highest BCUT2D eigenvalue weighted by molar-refractivity contribution is 5.37. The van der Waals surface area contributed by atoms with E-state index in [0.717, 1.165) is 12.1 Å². The quantitative estimate of drug-likeness (QED) is 0.818. The van der Waals surface area contributed by atoms with Crippen molar-refractivity contribution in [3.05, 3.63) is 29.3 Å². The summed E-state index contributed by atoms with van der Waals surface area (Å²) in [6.45, 7) is 2.93. The van der Waals surface area contributed by atoms with Gasteiger partial charge in [-0.3, -0.25) is 0 Å². The number of phenols is 1. The van der Waals surface area contributed by atoms with Crippen molar-refractivity contribution in [3.8, 4) is 5.75 Å². The number of benzene rings is 1. The normalized spacial score (nSPS) is 11.7. The Morgan fingerprint density at radius 2 is 2.00 bits per heavy atom. The van der Waals surface area contributed by atoms with E-state index < -0.39 is 11.7 Å². The van der Waals surface area contributed by atoms with Crippen LogP contribution in [0.4, 0.5) is 13.2 Å². The third-order valence-electron chi connectivity index (χ3n) is 1.98. The van der Waals surface area contributed by atoms with Gasteiger partial charge in [0.05, 0.1) is 5.56 Å². The Kier molecular flexibility index (Phi) is 3.57. The van der Waals surface area contributed by atoms with E-state index in [0.29, 0.717) is 18.7 Å². The summed E-state index contributed by atoms with van der Waals surface area (Å²) < 4.78 is 36.7. The van der Waals surface area contributed by atoms with Crippen LogP contribution >= 0.6 is 0 Å². The molecule has 1 rings (SSSR count). The van der Waals surface area contributed by atoms with Crippen molar-refractivity contribution in [1.29, 1.82) is 0 Å². The van der Waals surface area contributed by atoms with E-state index in [4.69, 9.17) is 0 Å². The minimum absolute atomic E-state index is 0.328. The Labute approximate surface area is 85.7 Å². The van der Waals surface area contributed by atoms with Crippen LogP contribution in [0.25, 0.3) is 0 Å². The molecule has 0 unspecified atom stereocenters. The summed E-state index contributed by atoms with van der Waals surface area (Å²) in [5.74, 6) is -0.328. The van der Waals surface area contributed by atoms with Gasteiger partial charge in [0.1, 0.15) is 5.75 Å². The van der Waals surface area contributed by atoms with Crippen LogP contribution in [0.5, 0.6) is 5.75 Å². The molecule has 84 valence electrons. The number of alkyl halides is 3. The van der Waals surface area contributed by atoms with Gasteiger partial charge in [0, 0.05) is 12.1 Å². The molecule has 15 heavy (non-hydrogen) atoms. The van der Waals surface area contributed by atoms with E-state index in [1.54, 1.807) is 0 Å². The van der Waals surface area contributed by atoms with Crippen LogP contribution in [0, 0.1) is 0 Å². The van der Waals surface area contributed by atoms with Crippen LogP contribution in [0.3, 0.4) is 0 Å². The van der Waals surface area contributed by atoms with E-state index in [1.807, 2.05) is 6.92 Å². The second kappa shape index (κ2) is 4.53. The number of nitrogens with one attached hydrogen (secondary N) is 1. The summed E-state index contributed by atoms with van der Waals surface area (Å²) in [4.78, 5) is 0. The molecule has 1 aromatic rings. The van der Waals surface area contributed by atoms with E-state index in [9.17, 15) is 18.3 Å². The molecule has 0 saturated carbocycles. The largest absolute Gasteiger partial charge is 0.508 e. The van der Waals surface area contributed by atoms with Crippen molar-refractivity contribution < 1.29 is 18.3 Å². The molecule has 0 aliphatic heterocycles. The standard InChI is InChI=1S/C10H12F3NO/c1-2-14-6-7-3-4-8(5-9(7)15)10(11,12)13/h3-5,14-15H,2,6H2,1H3. The predicted molar refractivity (Wildman–Crippen MR) is 50.5 cm³/mol. The Morgan fingerprint density at radius 3 is 2.47 bits per heavy atom. The molecule has 0 amide bonds. The molecule has 0 aliphatic carbocycles. The molecule has 0 radical (unpaired) electrons. The molecule has 0 saturated heterocycles. The van der Waals surface area contributed by atoms with Crippen LogP contribution in [0.15, 0.2) is 18.2 Å². The second-order valence-electron chi connectivity index (χ2n) is 3.12. The van der Waals surface area contributed by atoms with Gasteiger partial charge in [-0.1, -0.05) is 13.0 Å². The van der Waals surface area contributed by atoms with Gasteiger partial charge in [0.15, 0.2) is 0 Å². The second-order valence-corrected chi connectivity index (χ2v) is 3.12. The van der Waals surface area contributed by atoms with Crippen molar-refractivity contribution >= 4 is 0 Å². The van der Waals surface area contributed by atoms with Crippen molar-refractivity contribution in [1.82, 2.24) is 5.32 Å². The number of phenolic OH excluding ortho intramolecular Hbond substituents is 1. The summed E-state index contributed by atoms with van der Waals surface area (Å²) in [6, 6.07) is 2.99. The first-order chi connectivity index (χ1) is 6.95. The third-order valence-corrected chi connectivity index (χ3v) is 1.98. The zero-order chi connectivity index (χ0) is 11.5. The third kappa shape index (κ3) is 3.13. The van der Waals surface area contributed by atoms with Crippen LogP contribution in [-0.2, 0) is 12.7 Å². The lowest BCUT2D eigenvalue weighted by Crippen LogP contribution is -2.12. The molecule has 0 fully saturated rings. The first kappa shape index (κ1) is 11.8. The van der Waals surface area contributed by atoms with Gasteiger partial charge >= 0.3 is 6.18 Å². The van der Waals surface area contributed by atoms with Crippen molar-refractivity contribution in [2.75, 3.05) is 6.54 Å². The summed E-state index contributed by atoms with van der Waals surface area (Å²) in [7, 11) is 0. The maximum Gasteiger partial charge on any atom is 0.416 e. The van der Waals surface area contributed by atoms with Gasteiger partial charge in [0.25, 0.3) is 0 Å². The van der Waals surface area contributed by atoms with Crippen LogP contribution < -0.4 is 5.32 Å². The average molecular weight is 219 g/mol. The van der Waals surface area contributed by atoms with E-state index in [2.05, 4.69) is 5.32 Å². The predicted octanol–water partition coefficient (Wildman–Crippen LogP) is 2.52. The van der Waals surface area contributed by atoms with Crippen LogP contribution in [-0.4, -0.2) is 11.7 Å². The van der Waals surface area contributed by atoms with Gasteiger partial charge in [-0.25, -0.2) is 0 Å². The maximum atomic E-state index is 12.2. The number of aromatic hydroxyl groups is 1. The van der Waals surface area contributed by atoms with Crippen molar-refractivity contribution in [2.45, 2.75) is 19.6 Å². The average Bonchev–Trinajstić information content (AvgIpc) is 2.14. The fourth-order valence-electron chi connectivity index (χ4n) is 1.15. The fraction of sp³-hybridized carbons (Fsp3) is 0.400. The molecule has 0 aliphatic rings. The van der Waals surface area contributed by atoms with Gasteiger partial charge in [-0.05, 0) is 18.7 Å². The molecule has 0 heterocycles. The highest BCUT2D eigenvalue weighted by atomic mass is 19.4. The lowest BCUT2D eigenvalue weighted by atomic mass is 10.1. The molecule has 1 aromatic carbocycles. The Hall–Kier alpha value is -1.23. The SMILES string of the molecule is CCNCc1ccc(C(F)(F)F)cc1O. The smallest absolute Gasteiger partial charge is 0.416 e. The minimum Gasteiger partial charge on any atom is -0.508 e. The Balaban J connectivity index is 2.88. The topological polar surface area (TPSA) is 32.3 Å². The molecule has 2 nitrogen and oxygen atoms in total. The minimum atomic E-state index is -4.41.